The van der Waals surface area contributed by atoms with E-state index in [-0.39, 0.29) is 0 Å². The summed E-state index contributed by atoms with van der Waals surface area (Å²) in [6.45, 7) is 2.24. The number of carbonyl (C=O) groups excluding carboxylic acids is 3. The SMILES string of the molecule is C[C@@H](OC(=O)c1sccc1C1CC1)C(=O)N1CCNC1=O. The topological polar surface area (TPSA) is 75.7 Å². The number of carbonyl (C=O) groups is 3. The van der Waals surface area contributed by atoms with E-state index in [0.717, 1.165) is 23.3 Å². The molecule has 3 amide bonds. The lowest BCUT2D eigenvalue weighted by Gasteiger charge is -2.18. The Balaban J connectivity index is 1.65. The second kappa shape index (κ2) is 5.48. The number of imide groups is 1. The number of esters is 1. The summed E-state index contributed by atoms with van der Waals surface area (Å²) in [4.78, 5) is 37.4. The first-order valence-electron chi connectivity index (χ1n) is 6.95. The molecule has 1 saturated heterocycles. The lowest BCUT2D eigenvalue weighted by Crippen LogP contribution is -2.41. The van der Waals surface area contributed by atoms with Gasteiger partial charge in [-0.15, -0.1) is 11.3 Å². The number of hydrogen-bond donors (Lipinski definition) is 1. The molecule has 0 spiro atoms. The maximum atomic E-state index is 12.2. The van der Waals surface area contributed by atoms with Crippen LogP contribution >= 0.6 is 11.3 Å². The number of amides is 3. The molecule has 2 aliphatic rings. The maximum Gasteiger partial charge on any atom is 0.349 e. The number of hydrogen-bond acceptors (Lipinski definition) is 5. The second-order valence-electron chi connectivity index (χ2n) is 5.25. The molecule has 112 valence electrons. The minimum absolute atomic E-state index is 0.311. The van der Waals surface area contributed by atoms with Crippen molar-refractivity contribution in [3.63, 3.8) is 0 Å². The van der Waals surface area contributed by atoms with E-state index in [2.05, 4.69) is 5.32 Å². The van der Waals surface area contributed by atoms with Gasteiger partial charge in [-0.25, -0.2) is 9.59 Å². The predicted octanol–water partition coefficient (Wildman–Crippen LogP) is 1.72. The molecule has 0 aromatic carbocycles. The summed E-state index contributed by atoms with van der Waals surface area (Å²) < 4.78 is 5.24. The van der Waals surface area contributed by atoms with Crippen molar-refractivity contribution < 1.29 is 19.1 Å². The number of nitrogens with one attached hydrogen (secondary N) is 1. The van der Waals surface area contributed by atoms with Crippen molar-refractivity contribution in [2.75, 3.05) is 13.1 Å². The van der Waals surface area contributed by atoms with Gasteiger partial charge in [-0.3, -0.25) is 9.69 Å². The highest BCUT2D eigenvalue weighted by atomic mass is 32.1. The molecule has 0 radical (unpaired) electrons. The molecule has 6 nitrogen and oxygen atoms in total. The fraction of sp³-hybridized carbons (Fsp3) is 0.500. The number of ether oxygens (including phenoxy) is 1. The van der Waals surface area contributed by atoms with Crippen LogP contribution in [0.3, 0.4) is 0 Å². The van der Waals surface area contributed by atoms with Gasteiger partial charge in [0.05, 0.1) is 0 Å². The molecule has 0 unspecified atom stereocenters. The molecule has 1 N–H and O–H groups in total. The summed E-state index contributed by atoms with van der Waals surface area (Å²) in [5, 5.41) is 4.41. The average molecular weight is 308 g/mol. The Kier molecular flexibility index (Phi) is 3.67. The van der Waals surface area contributed by atoms with Crippen LogP contribution in [0.1, 0.15) is 40.9 Å². The smallest absolute Gasteiger partial charge is 0.349 e. The molecule has 1 saturated carbocycles. The van der Waals surface area contributed by atoms with E-state index in [1.807, 2.05) is 11.4 Å². The Morgan fingerprint density at radius 2 is 2.24 bits per heavy atom. The molecule has 2 heterocycles. The van der Waals surface area contributed by atoms with Crippen LogP contribution in [0.2, 0.25) is 0 Å². The lowest BCUT2D eigenvalue weighted by atomic mass is 10.2. The molecular formula is C14H16N2O4S. The Morgan fingerprint density at radius 3 is 2.86 bits per heavy atom. The third-order valence-electron chi connectivity index (χ3n) is 3.65. The van der Waals surface area contributed by atoms with Gasteiger partial charge < -0.3 is 10.1 Å². The largest absolute Gasteiger partial charge is 0.448 e. The highest BCUT2D eigenvalue weighted by molar-refractivity contribution is 7.12. The lowest BCUT2D eigenvalue weighted by molar-refractivity contribution is -0.136. The van der Waals surface area contributed by atoms with Gasteiger partial charge in [0, 0.05) is 13.1 Å². The molecule has 1 aliphatic heterocycles. The molecule has 1 aromatic rings. The van der Waals surface area contributed by atoms with Gasteiger partial charge in [-0.05, 0) is 42.7 Å². The zero-order valence-electron chi connectivity index (χ0n) is 11.6. The quantitative estimate of drug-likeness (QED) is 0.859. The summed E-state index contributed by atoms with van der Waals surface area (Å²) in [6, 6.07) is 1.51. The van der Waals surface area contributed by atoms with Crippen LogP contribution in [0.5, 0.6) is 0 Å². The summed E-state index contributed by atoms with van der Waals surface area (Å²) >= 11 is 1.33. The molecule has 0 bridgehead atoms. The first kappa shape index (κ1) is 14.1. The van der Waals surface area contributed by atoms with E-state index in [9.17, 15) is 14.4 Å². The van der Waals surface area contributed by atoms with Gasteiger partial charge in [-0.2, -0.15) is 0 Å². The van der Waals surface area contributed by atoms with E-state index in [4.69, 9.17) is 4.74 Å². The molecule has 3 rings (SSSR count). The first-order chi connectivity index (χ1) is 10.1. The highest BCUT2D eigenvalue weighted by Gasteiger charge is 2.34. The van der Waals surface area contributed by atoms with Crippen LogP contribution in [0, 0.1) is 0 Å². The number of urea groups is 1. The Morgan fingerprint density at radius 1 is 1.48 bits per heavy atom. The zero-order valence-corrected chi connectivity index (χ0v) is 12.4. The fourth-order valence-electron chi connectivity index (χ4n) is 2.37. The summed E-state index contributed by atoms with van der Waals surface area (Å²) in [5.41, 5.74) is 1.02. The van der Waals surface area contributed by atoms with Gasteiger partial charge in [0.1, 0.15) is 4.88 Å². The van der Waals surface area contributed by atoms with Gasteiger partial charge in [0.2, 0.25) is 0 Å². The number of rotatable bonds is 4. The van der Waals surface area contributed by atoms with Gasteiger partial charge in [0.15, 0.2) is 6.10 Å². The maximum absolute atomic E-state index is 12.2. The highest BCUT2D eigenvalue weighted by Crippen LogP contribution is 2.43. The van der Waals surface area contributed by atoms with Crippen LogP contribution < -0.4 is 5.32 Å². The molecule has 21 heavy (non-hydrogen) atoms. The van der Waals surface area contributed by atoms with E-state index in [0.29, 0.717) is 23.9 Å². The van der Waals surface area contributed by atoms with Crippen molar-refractivity contribution >= 4 is 29.2 Å². The van der Waals surface area contributed by atoms with E-state index in [1.54, 1.807) is 0 Å². The molecule has 2 fully saturated rings. The third-order valence-corrected chi connectivity index (χ3v) is 4.56. The van der Waals surface area contributed by atoms with Crippen LogP contribution in [-0.4, -0.2) is 42.0 Å². The third kappa shape index (κ3) is 2.78. The van der Waals surface area contributed by atoms with Crippen LogP contribution in [-0.2, 0) is 9.53 Å². The van der Waals surface area contributed by atoms with Crippen LogP contribution in [0.15, 0.2) is 11.4 Å². The van der Waals surface area contributed by atoms with E-state index < -0.39 is 24.0 Å². The van der Waals surface area contributed by atoms with Crippen LogP contribution in [0.25, 0.3) is 0 Å². The van der Waals surface area contributed by atoms with Crippen molar-refractivity contribution in [2.24, 2.45) is 0 Å². The van der Waals surface area contributed by atoms with Crippen molar-refractivity contribution in [2.45, 2.75) is 31.8 Å². The van der Waals surface area contributed by atoms with Crippen molar-refractivity contribution in [1.29, 1.82) is 0 Å². The van der Waals surface area contributed by atoms with Gasteiger partial charge in [0.25, 0.3) is 5.91 Å². The molecular weight excluding hydrogens is 292 g/mol. The van der Waals surface area contributed by atoms with E-state index >= 15 is 0 Å². The number of thiophene rings is 1. The average Bonchev–Trinajstić information content (AvgIpc) is 3.02. The fourth-order valence-corrected chi connectivity index (χ4v) is 3.23. The minimum atomic E-state index is -0.962. The van der Waals surface area contributed by atoms with Gasteiger partial charge in [-0.1, -0.05) is 0 Å². The monoisotopic (exact) mass is 308 g/mol. The van der Waals surface area contributed by atoms with Crippen molar-refractivity contribution in [3.05, 3.63) is 21.9 Å². The first-order valence-corrected chi connectivity index (χ1v) is 7.83. The summed E-state index contributed by atoms with van der Waals surface area (Å²) in [6.07, 6.45) is 1.23. The molecule has 1 aromatic heterocycles. The Bertz CT molecular complexity index is 594. The Labute approximate surface area is 126 Å². The van der Waals surface area contributed by atoms with E-state index in [1.165, 1.54) is 18.3 Å². The second-order valence-corrected chi connectivity index (χ2v) is 6.16. The molecule has 1 atom stereocenters. The van der Waals surface area contributed by atoms with Crippen molar-refractivity contribution in [1.82, 2.24) is 10.2 Å². The van der Waals surface area contributed by atoms with Crippen LogP contribution in [0.4, 0.5) is 4.79 Å². The normalized spacial score (nSPS) is 19.3. The molecule has 1 aliphatic carbocycles. The summed E-state index contributed by atoms with van der Waals surface area (Å²) in [5.74, 6) is -0.510. The standard InChI is InChI=1S/C14H16N2O4S/c1-8(12(17)16-6-5-15-14(16)19)20-13(18)11-10(4-7-21-11)9-2-3-9/h4,7-9H,2-3,5-6H2,1H3,(H,15,19)/t8-/m1/s1. The van der Waals surface area contributed by atoms with Gasteiger partial charge >= 0.3 is 12.0 Å². The predicted molar refractivity (Wildman–Crippen MR) is 76.3 cm³/mol. The zero-order chi connectivity index (χ0) is 15.0. The minimum Gasteiger partial charge on any atom is -0.448 e. The van der Waals surface area contributed by atoms with Crippen molar-refractivity contribution in [3.8, 4) is 0 Å². The Hall–Kier alpha value is -1.89. The molecule has 7 heteroatoms. The number of nitrogens with zero attached hydrogens (tertiary/aromatic N) is 1. The summed E-state index contributed by atoms with van der Waals surface area (Å²) in [7, 11) is 0.